The van der Waals surface area contributed by atoms with Crippen LogP contribution >= 0.6 is 0 Å². The van der Waals surface area contributed by atoms with Crippen LogP contribution in [0.1, 0.15) is 40.7 Å². The standard InChI is InChI=1S/C22H22N4O3/c27-21(17-10-14-26(15-11-17)22(28)19-9-13-24-29-19)25-20(16-6-2-1-3-7-16)18-8-4-5-12-23-18/h1-9,12-13,17,20H,10-11,14-15H2,(H,25,27). The summed E-state index contributed by atoms with van der Waals surface area (Å²) in [5.74, 6) is -0.121. The lowest BCUT2D eigenvalue weighted by atomic mass is 9.94. The second-order valence-electron chi connectivity index (χ2n) is 7.05. The van der Waals surface area contributed by atoms with Gasteiger partial charge in [-0.05, 0) is 30.5 Å². The molecular weight excluding hydrogens is 368 g/mol. The Morgan fingerprint density at radius 3 is 2.41 bits per heavy atom. The number of hydrogen-bond acceptors (Lipinski definition) is 5. The third-order valence-electron chi connectivity index (χ3n) is 5.20. The normalized spacial score (nSPS) is 15.7. The van der Waals surface area contributed by atoms with Gasteiger partial charge in [-0.2, -0.15) is 0 Å². The first kappa shape index (κ1) is 18.9. The molecule has 1 N–H and O–H groups in total. The molecule has 29 heavy (non-hydrogen) atoms. The number of amides is 2. The maximum Gasteiger partial charge on any atom is 0.292 e. The minimum Gasteiger partial charge on any atom is -0.351 e. The summed E-state index contributed by atoms with van der Waals surface area (Å²) in [6, 6.07) is 16.7. The monoisotopic (exact) mass is 390 g/mol. The first-order valence-electron chi connectivity index (χ1n) is 9.68. The Kier molecular flexibility index (Phi) is 5.65. The smallest absolute Gasteiger partial charge is 0.292 e. The summed E-state index contributed by atoms with van der Waals surface area (Å²) < 4.78 is 4.95. The van der Waals surface area contributed by atoms with E-state index in [1.165, 1.54) is 6.20 Å². The van der Waals surface area contributed by atoms with E-state index in [1.807, 2.05) is 48.5 Å². The third kappa shape index (κ3) is 4.34. The van der Waals surface area contributed by atoms with Crippen LogP contribution in [0.4, 0.5) is 0 Å². The van der Waals surface area contributed by atoms with Gasteiger partial charge in [-0.25, -0.2) is 0 Å². The van der Waals surface area contributed by atoms with Gasteiger partial charge in [0.15, 0.2) is 0 Å². The highest BCUT2D eigenvalue weighted by molar-refractivity contribution is 5.91. The molecule has 1 fully saturated rings. The number of nitrogens with zero attached hydrogens (tertiary/aromatic N) is 3. The van der Waals surface area contributed by atoms with Crippen LogP contribution in [0.2, 0.25) is 0 Å². The fourth-order valence-electron chi connectivity index (χ4n) is 3.61. The zero-order valence-corrected chi connectivity index (χ0v) is 15.9. The Bertz CT molecular complexity index is 897. The fraction of sp³-hybridized carbons (Fsp3) is 0.273. The van der Waals surface area contributed by atoms with Gasteiger partial charge in [-0.3, -0.25) is 14.6 Å². The van der Waals surface area contributed by atoms with Crippen LogP contribution in [-0.2, 0) is 4.79 Å². The third-order valence-corrected chi connectivity index (χ3v) is 5.20. The van der Waals surface area contributed by atoms with Crippen LogP contribution in [0.5, 0.6) is 0 Å². The van der Waals surface area contributed by atoms with Gasteiger partial charge in [0.05, 0.1) is 17.9 Å². The fourth-order valence-corrected chi connectivity index (χ4v) is 3.61. The molecule has 0 radical (unpaired) electrons. The molecule has 2 aromatic heterocycles. The van der Waals surface area contributed by atoms with E-state index >= 15 is 0 Å². The van der Waals surface area contributed by atoms with Gasteiger partial charge in [0.1, 0.15) is 0 Å². The van der Waals surface area contributed by atoms with E-state index in [9.17, 15) is 9.59 Å². The van der Waals surface area contributed by atoms with Crippen molar-refractivity contribution in [3.8, 4) is 0 Å². The highest BCUT2D eigenvalue weighted by Crippen LogP contribution is 2.24. The van der Waals surface area contributed by atoms with Gasteiger partial charge in [0, 0.05) is 31.3 Å². The molecule has 4 rings (SSSR count). The topological polar surface area (TPSA) is 88.3 Å². The molecule has 0 aliphatic carbocycles. The van der Waals surface area contributed by atoms with Gasteiger partial charge >= 0.3 is 0 Å². The lowest BCUT2D eigenvalue weighted by Gasteiger charge is -2.31. The van der Waals surface area contributed by atoms with Crippen molar-refractivity contribution in [2.45, 2.75) is 18.9 Å². The number of rotatable bonds is 5. The first-order valence-corrected chi connectivity index (χ1v) is 9.68. The molecule has 1 unspecified atom stereocenters. The summed E-state index contributed by atoms with van der Waals surface area (Å²) in [5, 5.41) is 6.74. The van der Waals surface area contributed by atoms with Crippen molar-refractivity contribution >= 4 is 11.8 Å². The summed E-state index contributed by atoms with van der Waals surface area (Å²) in [4.78, 5) is 31.5. The highest BCUT2D eigenvalue weighted by atomic mass is 16.5. The Labute approximate surface area is 168 Å². The lowest BCUT2D eigenvalue weighted by Crippen LogP contribution is -2.43. The van der Waals surface area contributed by atoms with Crippen molar-refractivity contribution in [2.75, 3.05) is 13.1 Å². The van der Waals surface area contributed by atoms with Crippen LogP contribution in [0, 0.1) is 5.92 Å². The summed E-state index contributed by atoms with van der Waals surface area (Å²) in [6.07, 6.45) is 4.39. The minimum absolute atomic E-state index is 0.0173. The maximum atomic E-state index is 13.0. The molecule has 1 saturated heterocycles. The number of hydrogen-bond donors (Lipinski definition) is 1. The number of nitrogens with one attached hydrogen (secondary N) is 1. The van der Waals surface area contributed by atoms with E-state index in [1.54, 1.807) is 17.2 Å². The van der Waals surface area contributed by atoms with Crippen molar-refractivity contribution < 1.29 is 14.1 Å². The Morgan fingerprint density at radius 1 is 1.00 bits per heavy atom. The van der Waals surface area contributed by atoms with E-state index in [4.69, 9.17) is 4.52 Å². The number of carbonyl (C=O) groups is 2. The van der Waals surface area contributed by atoms with Crippen LogP contribution < -0.4 is 5.32 Å². The molecule has 3 aromatic rings. The number of benzene rings is 1. The SMILES string of the molecule is O=C(NC(c1ccccc1)c1ccccn1)C1CCN(C(=O)c2ccno2)CC1. The largest absolute Gasteiger partial charge is 0.351 e. The number of carbonyl (C=O) groups excluding carboxylic acids is 2. The van der Waals surface area contributed by atoms with Gasteiger partial charge < -0.3 is 14.7 Å². The molecule has 0 spiro atoms. The molecular formula is C22H22N4O3. The van der Waals surface area contributed by atoms with Crippen molar-refractivity contribution in [3.63, 3.8) is 0 Å². The lowest BCUT2D eigenvalue weighted by molar-refractivity contribution is -0.126. The van der Waals surface area contributed by atoms with Gasteiger partial charge in [0.2, 0.25) is 11.7 Å². The zero-order chi connectivity index (χ0) is 20.1. The Hall–Kier alpha value is -3.48. The van der Waals surface area contributed by atoms with Gasteiger partial charge in [-0.1, -0.05) is 41.6 Å². The number of likely N-dealkylation sites (tertiary alicyclic amines) is 1. The number of piperidine rings is 1. The molecule has 1 aliphatic heterocycles. The molecule has 7 nitrogen and oxygen atoms in total. The zero-order valence-electron chi connectivity index (χ0n) is 15.9. The van der Waals surface area contributed by atoms with Crippen molar-refractivity contribution in [2.24, 2.45) is 5.92 Å². The van der Waals surface area contributed by atoms with Crippen molar-refractivity contribution in [1.29, 1.82) is 0 Å². The van der Waals surface area contributed by atoms with E-state index in [2.05, 4.69) is 15.5 Å². The quantitative estimate of drug-likeness (QED) is 0.724. The Morgan fingerprint density at radius 2 is 1.76 bits per heavy atom. The number of aromatic nitrogens is 2. The van der Waals surface area contributed by atoms with Crippen LogP contribution in [0.3, 0.4) is 0 Å². The van der Waals surface area contributed by atoms with Gasteiger partial charge in [-0.15, -0.1) is 0 Å². The Balaban J connectivity index is 1.42. The molecule has 3 heterocycles. The predicted octanol–water partition coefficient (Wildman–Crippen LogP) is 2.83. The second-order valence-corrected chi connectivity index (χ2v) is 7.05. The summed E-state index contributed by atoms with van der Waals surface area (Å²) in [7, 11) is 0. The highest BCUT2D eigenvalue weighted by Gasteiger charge is 2.30. The van der Waals surface area contributed by atoms with Crippen LogP contribution in [0.25, 0.3) is 0 Å². The predicted molar refractivity (Wildman–Crippen MR) is 106 cm³/mol. The van der Waals surface area contributed by atoms with E-state index in [-0.39, 0.29) is 29.5 Å². The second kappa shape index (κ2) is 8.68. The average molecular weight is 390 g/mol. The molecule has 0 bridgehead atoms. The van der Waals surface area contributed by atoms with Gasteiger partial charge in [0.25, 0.3) is 5.91 Å². The molecule has 1 aromatic carbocycles. The first-order chi connectivity index (χ1) is 14.2. The van der Waals surface area contributed by atoms with Crippen molar-refractivity contribution in [3.05, 3.63) is 84.0 Å². The summed E-state index contributed by atoms with van der Waals surface area (Å²) in [6.45, 7) is 1.02. The van der Waals surface area contributed by atoms with Crippen LogP contribution in [-0.4, -0.2) is 39.9 Å². The van der Waals surface area contributed by atoms with E-state index < -0.39 is 0 Å². The van der Waals surface area contributed by atoms with Crippen LogP contribution in [0.15, 0.2) is 71.5 Å². The van der Waals surface area contributed by atoms with Crippen molar-refractivity contribution in [1.82, 2.24) is 20.4 Å². The molecule has 1 atom stereocenters. The summed E-state index contributed by atoms with van der Waals surface area (Å²) in [5.41, 5.74) is 1.78. The molecule has 0 saturated carbocycles. The van der Waals surface area contributed by atoms with E-state index in [0.29, 0.717) is 25.9 Å². The van der Waals surface area contributed by atoms with E-state index in [0.717, 1.165) is 11.3 Å². The molecule has 148 valence electrons. The molecule has 7 heteroatoms. The average Bonchev–Trinajstić information content (AvgIpc) is 3.33. The molecule has 2 amide bonds. The summed E-state index contributed by atoms with van der Waals surface area (Å²) >= 11 is 0. The number of pyridine rings is 1. The molecule has 1 aliphatic rings. The minimum atomic E-state index is -0.307. The maximum absolute atomic E-state index is 13.0.